The zero-order chi connectivity index (χ0) is 12.7. The maximum Gasteiger partial charge on any atom is 0.227 e. The molecular formula is C11H15N3O2S. The summed E-state index contributed by atoms with van der Waals surface area (Å²) in [6.07, 6.45) is 0. The van der Waals surface area contributed by atoms with Crippen LogP contribution in [0.1, 0.15) is 5.56 Å². The predicted octanol–water partition coefficient (Wildman–Crippen LogP) is 0.301. The van der Waals surface area contributed by atoms with Gasteiger partial charge < -0.3 is 5.73 Å². The molecule has 17 heavy (non-hydrogen) atoms. The number of sulfonamides is 1. The van der Waals surface area contributed by atoms with Crippen molar-refractivity contribution in [2.24, 2.45) is 5.73 Å². The highest BCUT2D eigenvalue weighted by atomic mass is 32.2. The molecule has 0 fully saturated rings. The highest BCUT2D eigenvalue weighted by Crippen LogP contribution is 2.08. The van der Waals surface area contributed by atoms with E-state index in [2.05, 4.69) is 0 Å². The lowest BCUT2D eigenvalue weighted by Gasteiger charge is -2.19. The third kappa shape index (κ3) is 4.15. The Morgan fingerprint density at radius 3 is 2.47 bits per heavy atom. The van der Waals surface area contributed by atoms with Crippen molar-refractivity contribution in [3.05, 3.63) is 35.9 Å². The van der Waals surface area contributed by atoms with Gasteiger partial charge in [0.05, 0.1) is 6.07 Å². The van der Waals surface area contributed by atoms with Crippen LogP contribution >= 0.6 is 0 Å². The van der Waals surface area contributed by atoms with E-state index in [1.54, 1.807) is 6.07 Å². The van der Waals surface area contributed by atoms with Crippen LogP contribution in [0.25, 0.3) is 0 Å². The molecule has 6 heteroatoms. The molecule has 0 aliphatic heterocycles. The summed E-state index contributed by atoms with van der Waals surface area (Å²) in [5.74, 6) is -0.514. The molecule has 92 valence electrons. The zero-order valence-corrected chi connectivity index (χ0v) is 10.2. The topological polar surface area (TPSA) is 87.2 Å². The number of benzene rings is 1. The fourth-order valence-electron chi connectivity index (χ4n) is 1.42. The van der Waals surface area contributed by atoms with E-state index in [1.165, 1.54) is 4.31 Å². The van der Waals surface area contributed by atoms with Crippen LogP contribution in [0.4, 0.5) is 0 Å². The molecule has 0 saturated heterocycles. The van der Waals surface area contributed by atoms with Crippen molar-refractivity contribution in [3.8, 4) is 6.07 Å². The third-order valence-electron chi connectivity index (χ3n) is 2.22. The van der Waals surface area contributed by atoms with Gasteiger partial charge in [-0.25, -0.2) is 8.42 Å². The Kier molecular flexibility index (Phi) is 5.10. The average molecular weight is 253 g/mol. The Morgan fingerprint density at radius 2 is 1.94 bits per heavy atom. The van der Waals surface area contributed by atoms with Crippen LogP contribution in [0.3, 0.4) is 0 Å². The highest BCUT2D eigenvalue weighted by molar-refractivity contribution is 7.89. The number of nitrogens with zero attached hydrogens (tertiary/aromatic N) is 2. The Morgan fingerprint density at radius 1 is 1.29 bits per heavy atom. The van der Waals surface area contributed by atoms with Gasteiger partial charge in [-0.1, -0.05) is 30.3 Å². The van der Waals surface area contributed by atoms with Crippen LogP contribution < -0.4 is 5.73 Å². The quantitative estimate of drug-likeness (QED) is 0.790. The molecule has 0 heterocycles. The summed E-state index contributed by atoms with van der Waals surface area (Å²) in [6, 6.07) is 10.9. The molecule has 0 saturated carbocycles. The summed E-state index contributed by atoms with van der Waals surface area (Å²) < 4.78 is 24.8. The Labute approximate surface area is 102 Å². The summed E-state index contributed by atoms with van der Waals surface area (Å²) in [6.45, 7) is 0.707. The number of nitrogens with two attached hydrogens (primary N) is 1. The van der Waals surface area contributed by atoms with E-state index >= 15 is 0 Å². The largest absolute Gasteiger partial charge is 0.329 e. The van der Waals surface area contributed by atoms with Gasteiger partial charge in [0, 0.05) is 19.6 Å². The molecule has 0 unspecified atom stereocenters. The summed E-state index contributed by atoms with van der Waals surface area (Å²) in [7, 11) is -3.54. The molecule has 1 aromatic carbocycles. The lowest BCUT2D eigenvalue weighted by Crippen LogP contribution is -2.36. The van der Waals surface area contributed by atoms with Crippen LogP contribution in [0.15, 0.2) is 30.3 Å². The molecule has 0 aromatic heterocycles. The highest BCUT2D eigenvalue weighted by Gasteiger charge is 2.20. The number of rotatable bonds is 6. The van der Waals surface area contributed by atoms with Crippen molar-refractivity contribution >= 4 is 10.0 Å². The molecule has 0 bridgehead atoms. The SMILES string of the molecule is N#CCS(=O)(=O)N(CCN)Cc1ccccc1. The third-order valence-corrected chi connectivity index (χ3v) is 3.81. The molecule has 0 radical (unpaired) electrons. The Balaban J connectivity index is 2.85. The second-order valence-corrected chi connectivity index (χ2v) is 5.49. The zero-order valence-electron chi connectivity index (χ0n) is 9.41. The molecule has 1 aromatic rings. The van der Waals surface area contributed by atoms with Crippen molar-refractivity contribution in [2.45, 2.75) is 6.54 Å². The molecule has 0 amide bonds. The van der Waals surface area contributed by atoms with E-state index < -0.39 is 15.8 Å². The Bertz CT molecular complexity index is 479. The lowest BCUT2D eigenvalue weighted by molar-refractivity contribution is 0.416. The predicted molar refractivity (Wildman–Crippen MR) is 65.3 cm³/mol. The second-order valence-electron chi connectivity index (χ2n) is 3.52. The molecule has 0 spiro atoms. The fourth-order valence-corrected chi connectivity index (χ4v) is 2.50. The maximum absolute atomic E-state index is 11.8. The van der Waals surface area contributed by atoms with Gasteiger partial charge in [0.2, 0.25) is 10.0 Å². The molecule has 5 nitrogen and oxygen atoms in total. The van der Waals surface area contributed by atoms with Crippen LogP contribution in [0, 0.1) is 11.3 Å². The first-order valence-electron chi connectivity index (χ1n) is 5.19. The number of nitriles is 1. The van der Waals surface area contributed by atoms with Gasteiger partial charge >= 0.3 is 0 Å². The van der Waals surface area contributed by atoms with E-state index in [0.29, 0.717) is 0 Å². The van der Waals surface area contributed by atoms with Gasteiger partial charge in [0.1, 0.15) is 0 Å². The number of hydrogen-bond acceptors (Lipinski definition) is 4. The maximum atomic E-state index is 11.8. The van der Waals surface area contributed by atoms with Gasteiger partial charge in [-0.05, 0) is 5.56 Å². The minimum absolute atomic E-state index is 0.221. The van der Waals surface area contributed by atoms with Crippen LogP contribution in [-0.2, 0) is 16.6 Å². The Hall–Kier alpha value is -1.42. The monoisotopic (exact) mass is 253 g/mol. The first-order chi connectivity index (χ1) is 8.10. The summed E-state index contributed by atoms with van der Waals surface area (Å²) in [5.41, 5.74) is 6.26. The molecule has 0 aliphatic rings. The molecule has 0 atom stereocenters. The minimum atomic E-state index is -3.54. The van der Waals surface area contributed by atoms with E-state index in [4.69, 9.17) is 11.0 Å². The fraction of sp³-hybridized carbons (Fsp3) is 0.364. The molecular weight excluding hydrogens is 238 g/mol. The second kappa shape index (κ2) is 6.35. The van der Waals surface area contributed by atoms with Crippen LogP contribution in [0.2, 0.25) is 0 Å². The molecule has 0 aliphatic carbocycles. The van der Waals surface area contributed by atoms with E-state index in [1.807, 2.05) is 30.3 Å². The van der Waals surface area contributed by atoms with Crippen molar-refractivity contribution in [1.82, 2.24) is 4.31 Å². The van der Waals surface area contributed by atoms with Crippen LogP contribution in [0.5, 0.6) is 0 Å². The molecule has 2 N–H and O–H groups in total. The lowest BCUT2D eigenvalue weighted by atomic mass is 10.2. The van der Waals surface area contributed by atoms with E-state index in [-0.39, 0.29) is 19.6 Å². The van der Waals surface area contributed by atoms with Gasteiger partial charge in [-0.2, -0.15) is 9.57 Å². The standard InChI is InChI=1S/C11H15N3O2S/c12-6-8-14(17(15,16)9-7-13)10-11-4-2-1-3-5-11/h1-5H,6,8-10,12H2. The van der Waals surface area contributed by atoms with Gasteiger partial charge in [0.15, 0.2) is 5.75 Å². The summed E-state index contributed by atoms with van der Waals surface area (Å²) in [5, 5.41) is 8.50. The van der Waals surface area contributed by atoms with Gasteiger partial charge in [-0.3, -0.25) is 0 Å². The van der Waals surface area contributed by atoms with Gasteiger partial charge in [-0.15, -0.1) is 0 Å². The normalized spacial score (nSPS) is 11.4. The summed E-state index contributed by atoms with van der Waals surface area (Å²) in [4.78, 5) is 0. The first-order valence-corrected chi connectivity index (χ1v) is 6.80. The van der Waals surface area contributed by atoms with E-state index in [0.717, 1.165) is 5.56 Å². The van der Waals surface area contributed by atoms with Gasteiger partial charge in [0.25, 0.3) is 0 Å². The van der Waals surface area contributed by atoms with Crippen molar-refractivity contribution in [1.29, 1.82) is 5.26 Å². The summed E-state index contributed by atoms with van der Waals surface area (Å²) >= 11 is 0. The minimum Gasteiger partial charge on any atom is -0.329 e. The van der Waals surface area contributed by atoms with Crippen molar-refractivity contribution in [2.75, 3.05) is 18.8 Å². The van der Waals surface area contributed by atoms with E-state index in [9.17, 15) is 8.42 Å². The van der Waals surface area contributed by atoms with Crippen LogP contribution in [-0.4, -0.2) is 31.6 Å². The van der Waals surface area contributed by atoms with Crippen molar-refractivity contribution in [3.63, 3.8) is 0 Å². The molecule has 1 rings (SSSR count). The smallest absolute Gasteiger partial charge is 0.227 e. The first kappa shape index (κ1) is 13.6. The van der Waals surface area contributed by atoms with Crippen molar-refractivity contribution < 1.29 is 8.42 Å². The average Bonchev–Trinajstić information content (AvgIpc) is 2.30. The number of hydrogen-bond donors (Lipinski definition) is 1.